The normalized spacial score (nSPS) is 10.1. The second kappa shape index (κ2) is 5.14. The van der Waals surface area contributed by atoms with Crippen LogP contribution < -0.4 is 4.74 Å². The first-order valence-corrected chi connectivity index (χ1v) is 5.96. The third kappa shape index (κ3) is 2.43. The molecule has 0 atom stereocenters. The molecule has 4 heteroatoms. The van der Waals surface area contributed by atoms with Crippen molar-refractivity contribution in [2.24, 2.45) is 0 Å². The van der Waals surface area contributed by atoms with E-state index in [4.69, 9.17) is 16.3 Å². The van der Waals surface area contributed by atoms with Crippen LogP contribution in [-0.4, -0.2) is 6.29 Å². The number of rotatable bonds is 4. The number of ether oxygens (including phenoxy) is 1. The Balaban J connectivity index is 2.17. The van der Waals surface area contributed by atoms with Gasteiger partial charge < -0.3 is 4.74 Å². The summed E-state index contributed by atoms with van der Waals surface area (Å²) in [5, 5.41) is 2.44. The van der Waals surface area contributed by atoms with Crippen molar-refractivity contribution in [3.63, 3.8) is 0 Å². The van der Waals surface area contributed by atoms with E-state index in [1.807, 2.05) is 17.5 Å². The summed E-state index contributed by atoms with van der Waals surface area (Å²) in [6.07, 6.45) is 0.746. The number of halogens is 1. The fraction of sp³-hybridized carbons (Fsp3) is 0.0833. The zero-order valence-corrected chi connectivity index (χ0v) is 9.92. The molecule has 0 saturated carbocycles. The molecule has 0 N–H and O–H groups in total. The summed E-state index contributed by atoms with van der Waals surface area (Å²) in [7, 11) is 0. The Kier molecular flexibility index (Phi) is 3.59. The molecule has 0 amide bonds. The molecule has 0 saturated heterocycles. The first-order valence-electron chi connectivity index (χ1n) is 4.70. The zero-order valence-electron chi connectivity index (χ0n) is 8.35. The average Bonchev–Trinajstić information content (AvgIpc) is 2.80. The molecule has 1 heterocycles. The lowest BCUT2D eigenvalue weighted by molar-refractivity contribution is 0.111. The van der Waals surface area contributed by atoms with Crippen molar-refractivity contribution in [3.8, 4) is 5.75 Å². The maximum absolute atomic E-state index is 10.8. The minimum Gasteiger partial charge on any atom is -0.486 e. The molecule has 0 fully saturated rings. The average molecular weight is 253 g/mol. The first-order chi connectivity index (χ1) is 7.81. The molecule has 0 aliphatic carbocycles. The van der Waals surface area contributed by atoms with E-state index in [1.54, 1.807) is 29.5 Å². The minimum absolute atomic E-state index is 0.433. The summed E-state index contributed by atoms with van der Waals surface area (Å²) in [6, 6.07) is 9.05. The Morgan fingerprint density at radius 3 is 2.88 bits per heavy atom. The van der Waals surface area contributed by atoms with Gasteiger partial charge in [-0.15, -0.1) is 11.3 Å². The van der Waals surface area contributed by atoms with Gasteiger partial charge in [-0.1, -0.05) is 23.7 Å². The quantitative estimate of drug-likeness (QED) is 0.774. The second-order valence-corrected chi connectivity index (χ2v) is 4.58. The second-order valence-electron chi connectivity index (χ2n) is 3.14. The lowest BCUT2D eigenvalue weighted by Gasteiger charge is -2.08. The highest BCUT2D eigenvalue weighted by atomic mass is 35.5. The first kappa shape index (κ1) is 11.2. The molecule has 0 aliphatic rings. The number of thiophene rings is 1. The molecule has 2 aromatic rings. The van der Waals surface area contributed by atoms with E-state index in [1.165, 1.54) is 0 Å². The summed E-state index contributed by atoms with van der Waals surface area (Å²) in [5.74, 6) is 0.451. The van der Waals surface area contributed by atoms with Crippen molar-refractivity contribution in [3.05, 3.63) is 51.2 Å². The Bertz CT molecular complexity index is 480. The number of carbonyl (C=O) groups excluding carboxylic acids is 1. The van der Waals surface area contributed by atoms with Crippen LogP contribution in [0.4, 0.5) is 0 Å². The Morgan fingerprint density at radius 1 is 1.31 bits per heavy atom. The van der Waals surface area contributed by atoms with Crippen molar-refractivity contribution < 1.29 is 9.53 Å². The van der Waals surface area contributed by atoms with E-state index in [2.05, 4.69) is 0 Å². The molecule has 0 spiro atoms. The molecule has 82 valence electrons. The van der Waals surface area contributed by atoms with Crippen LogP contribution in [-0.2, 0) is 6.61 Å². The highest BCUT2D eigenvalue weighted by Crippen LogP contribution is 2.28. The van der Waals surface area contributed by atoms with Gasteiger partial charge in [0.2, 0.25) is 0 Å². The maximum atomic E-state index is 10.8. The molecule has 2 rings (SSSR count). The molecule has 1 aromatic heterocycles. The number of aldehydes is 1. The lowest BCUT2D eigenvalue weighted by Crippen LogP contribution is -1.97. The third-order valence-electron chi connectivity index (χ3n) is 2.06. The number of hydrogen-bond donors (Lipinski definition) is 0. The van der Waals surface area contributed by atoms with Crippen LogP contribution in [0.25, 0.3) is 0 Å². The molecular weight excluding hydrogens is 244 g/mol. The van der Waals surface area contributed by atoms with Gasteiger partial charge in [0, 0.05) is 4.88 Å². The smallest absolute Gasteiger partial charge is 0.153 e. The zero-order chi connectivity index (χ0) is 11.4. The van der Waals surface area contributed by atoms with Crippen molar-refractivity contribution in [2.45, 2.75) is 6.61 Å². The van der Waals surface area contributed by atoms with Crippen LogP contribution in [0, 0.1) is 0 Å². The Labute approximate surface area is 102 Å². The predicted octanol–water partition coefficient (Wildman–Crippen LogP) is 3.79. The van der Waals surface area contributed by atoms with Crippen LogP contribution in [0.5, 0.6) is 5.75 Å². The number of benzene rings is 1. The molecule has 0 radical (unpaired) electrons. The molecule has 2 nitrogen and oxygen atoms in total. The molecule has 0 bridgehead atoms. The Hall–Kier alpha value is -1.32. The van der Waals surface area contributed by atoms with Crippen LogP contribution in [0.2, 0.25) is 5.02 Å². The van der Waals surface area contributed by atoms with E-state index < -0.39 is 0 Å². The van der Waals surface area contributed by atoms with Gasteiger partial charge in [0.15, 0.2) is 6.29 Å². The Morgan fingerprint density at radius 2 is 2.19 bits per heavy atom. The van der Waals surface area contributed by atoms with E-state index in [9.17, 15) is 4.79 Å². The standard InChI is InChI=1S/C12H9ClO2S/c13-11-5-1-3-9(7-14)12(11)15-8-10-4-2-6-16-10/h1-7H,8H2. The van der Waals surface area contributed by atoms with Gasteiger partial charge in [0.1, 0.15) is 12.4 Å². The van der Waals surface area contributed by atoms with Crippen molar-refractivity contribution >= 4 is 29.2 Å². The summed E-state index contributed by atoms with van der Waals surface area (Å²) in [4.78, 5) is 11.9. The van der Waals surface area contributed by atoms with E-state index >= 15 is 0 Å². The van der Waals surface area contributed by atoms with Crippen LogP contribution >= 0.6 is 22.9 Å². The highest BCUT2D eigenvalue weighted by molar-refractivity contribution is 7.09. The van der Waals surface area contributed by atoms with Crippen molar-refractivity contribution in [2.75, 3.05) is 0 Å². The molecule has 16 heavy (non-hydrogen) atoms. The van der Waals surface area contributed by atoms with Gasteiger partial charge in [-0.3, -0.25) is 4.79 Å². The number of para-hydroxylation sites is 1. The summed E-state index contributed by atoms with van der Waals surface area (Å²) < 4.78 is 5.55. The van der Waals surface area contributed by atoms with Gasteiger partial charge in [-0.05, 0) is 23.6 Å². The molecule has 1 aromatic carbocycles. The fourth-order valence-electron chi connectivity index (χ4n) is 1.31. The van der Waals surface area contributed by atoms with Gasteiger partial charge >= 0.3 is 0 Å². The molecule has 0 aliphatic heterocycles. The number of carbonyl (C=O) groups is 1. The molecule has 0 unspecified atom stereocenters. The summed E-state index contributed by atoms with van der Waals surface area (Å²) >= 11 is 7.57. The van der Waals surface area contributed by atoms with Gasteiger partial charge in [0.25, 0.3) is 0 Å². The van der Waals surface area contributed by atoms with Gasteiger partial charge in [0.05, 0.1) is 10.6 Å². The van der Waals surface area contributed by atoms with Crippen LogP contribution in [0.1, 0.15) is 15.2 Å². The van der Waals surface area contributed by atoms with E-state index in [0.29, 0.717) is 22.9 Å². The summed E-state index contributed by atoms with van der Waals surface area (Å²) in [5.41, 5.74) is 0.476. The topological polar surface area (TPSA) is 26.3 Å². The lowest BCUT2D eigenvalue weighted by atomic mass is 10.2. The monoisotopic (exact) mass is 252 g/mol. The maximum Gasteiger partial charge on any atom is 0.153 e. The predicted molar refractivity (Wildman–Crippen MR) is 65.5 cm³/mol. The SMILES string of the molecule is O=Cc1cccc(Cl)c1OCc1cccs1. The van der Waals surface area contributed by atoms with Crippen molar-refractivity contribution in [1.82, 2.24) is 0 Å². The van der Waals surface area contributed by atoms with Gasteiger partial charge in [-0.2, -0.15) is 0 Å². The van der Waals surface area contributed by atoms with Crippen LogP contribution in [0.3, 0.4) is 0 Å². The van der Waals surface area contributed by atoms with E-state index in [0.717, 1.165) is 11.2 Å². The van der Waals surface area contributed by atoms with E-state index in [-0.39, 0.29) is 0 Å². The third-order valence-corrected chi connectivity index (χ3v) is 3.21. The van der Waals surface area contributed by atoms with Crippen LogP contribution in [0.15, 0.2) is 35.7 Å². The van der Waals surface area contributed by atoms with Gasteiger partial charge in [-0.25, -0.2) is 0 Å². The minimum atomic E-state index is 0.433. The number of hydrogen-bond acceptors (Lipinski definition) is 3. The highest BCUT2D eigenvalue weighted by Gasteiger charge is 2.07. The largest absolute Gasteiger partial charge is 0.486 e. The molecular formula is C12H9ClO2S. The van der Waals surface area contributed by atoms with Crippen molar-refractivity contribution in [1.29, 1.82) is 0 Å². The fourth-order valence-corrected chi connectivity index (χ4v) is 2.16. The summed E-state index contributed by atoms with van der Waals surface area (Å²) in [6.45, 7) is 0.433.